The molecule has 23 heavy (non-hydrogen) atoms. The zero-order valence-electron chi connectivity index (χ0n) is 13.2. The number of carbonyl (C=O) groups is 2. The molecule has 2 N–H and O–H groups in total. The SMILES string of the molecule is CCOC(=O)N1CCC(NC(=O)c2c[nH]c3ccccc23)CC1. The molecule has 0 bridgehead atoms. The van der Waals surface area contributed by atoms with Gasteiger partial charge in [0.05, 0.1) is 12.2 Å². The lowest BCUT2D eigenvalue weighted by Gasteiger charge is -2.31. The van der Waals surface area contributed by atoms with E-state index in [4.69, 9.17) is 4.74 Å². The first kappa shape index (κ1) is 15.4. The maximum Gasteiger partial charge on any atom is 0.409 e. The van der Waals surface area contributed by atoms with Gasteiger partial charge in [0.25, 0.3) is 5.91 Å². The summed E-state index contributed by atoms with van der Waals surface area (Å²) in [6.07, 6.45) is 2.96. The summed E-state index contributed by atoms with van der Waals surface area (Å²) in [5.74, 6) is -0.0722. The minimum Gasteiger partial charge on any atom is -0.450 e. The van der Waals surface area contributed by atoms with Gasteiger partial charge in [0.15, 0.2) is 0 Å². The van der Waals surface area contributed by atoms with Crippen molar-refractivity contribution in [3.8, 4) is 0 Å². The number of amides is 2. The highest BCUT2D eigenvalue weighted by Crippen LogP contribution is 2.18. The Hall–Kier alpha value is -2.50. The van der Waals surface area contributed by atoms with Gasteiger partial charge in [-0.1, -0.05) is 18.2 Å². The first-order valence-corrected chi connectivity index (χ1v) is 7.97. The Balaban J connectivity index is 1.58. The van der Waals surface area contributed by atoms with Crippen LogP contribution >= 0.6 is 0 Å². The van der Waals surface area contributed by atoms with Crippen molar-refractivity contribution < 1.29 is 14.3 Å². The molecule has 1 aliphatic heterocycles. The fourth-order valence-corrected chi connectivity index (χ4v) is 2.94. The lowest BCUT2D eigenvalue weighted by atomic mass is 10.0. The lowest BCUT2D eigenvalue weighted by Crippen LogP contribution is -2.46. The van der Waals surface area contributed by atoms with Crippen molar-refractivity contribution in [3.05, 3.63) is 36.0 Å². The third kappa shape index (κ3) is 3.31. The van der Waals surface area contributed by atoms with E-state index in [0.29, 0.717) is 25.3 Å². The van der Waals surface area contributed by atoms with Gasteiger partial charge < -0.3 is 19.9 Å². The molecule has 6 nitrogen and oxygen atoms in total. The van der Waals surface area contributed by atoms with Gasteiger partial charge in [-0.3, -0.25) is 4.79 Å². The summed E-state index contributed by atoms with van der Waals surface area (Å²) in [6.45, 7) is 3.40. The first-order chi connectivity index (χ1) is 11.2. The van der Waals surface area contributed by atoms with Crippen molar-refractivity contribution in [3.63, 3.8) is 0 Å². The largest absolute Gasteiger partial charge is 0.450 e. The van der Waals surface area contributed by atoms with Crippen LogP contribution in [-0.2, 0) is 4.74 Å². The van der Waals surface area contributed by atoms with Gasteiger partial charge in [0.2, 0.25) is 0 Å². The smallest absolute Gasteiger partial charge is 0.409 e. The van der Waals surface area contributed by atoms with E-state index in [1.54, 1.807) is 18.0 Å². The van der Waals surface area contributed by atoms with Crippen LogP contribution in [0.25, 0.3) is 10.9 Å². The number of rotatable bonds is 3. The predicted molar refractivity (Wildman–Crippen MR) is 87.4 cm³/mol. The monoisotopic (exact) mass is 315 g/mol. The van der Waals surface area contributed by atoms with E-state index in [2.05, 4.69) is 10.3 Å². The zero-order valence-corrected chi connectivity index (χ0v) is 13.2. The summed E-state index contributed by atoms with van der Waals surface area (Å²) in [7, 11) is 0. The maximum atomic E-state index is 12.5. The summed E-state index contributed by atoms with van der Waals surface area (Å²) in [6, 6.07) is 7.83. The minimum atomic E-state index is -0.270. The van der Waals surface area contributed by atoms with Crippen molar-refractivity contribution in [1.82, 2.24) is 15.2 Å². The van der Waals surface area contributed by atoms with Crippen LogP contribution in [0.3, 0.4) is 0 Å². The van der Waals surface area contributed by atoms with Crippen LogP contribution in [0, 0.1) is 0 Å². The van der Waals surface area contributed by atoms with E-state index < -0.39 is 0 Å². The second-order valence-electron chi connectivity index (χ2n) is 5.68. The molecule has 0 radical (unpaired) electrons. The molecule has 3 rings (SSSR count). The molecule has 1 fully saturated rings. The Labute approximate surface area is 134 Å². The third-order valence-corrected chi connectivity index (χ3v) is 4.19. The Morgan fingerprint density at radius 3 is 2.78 bits per heavy atom. The van der Waals surface area contributed by atoms with Gasteiger partial charge in [0, 0.05) is 36.2 Å². The molecule has 2 heterocycles. The quantitative estimate of drug-likeness (QED) is 0.914. The van der Waals surface area contributed by atoms with Gasteiger partial charge in [-0.25, -0.2) is 4.79 Å². The molecule has 0 spiro atoms. The van der Waals surface area contributed by atoms with Gasteiger partial charge in [-0.15, -0.1) is 0 Å². The van der Waals surface area contributed by atoms with E-state index >= 15 is 0 Å². The Bertz CT molecular complexity index is 702. The Morgan fingerprint density at radius 2 is 2.04 bits per heavy atom. The van der Waals surface area contributed by atoms with Crippen molar-refractivity contribution in [2.75, 3.05) is 19.7 Å². The first-order valence-electron chi connectivity index (χ1n) is 7.97. The van der Waals surface area contributed by atoms with Crippen LogP contribution in [0.4, 0.5) is 4.79 Å². The number of likely N-dealkylation sites (tertiary alicyclic amines) is 1. The molecular weight excluding hydrogens is 294 g/mol. The third-order valence-electron chi connectivity index (χ3n) is 4.19. The van der Waals surface area contributed by atoms with Crippen LogP contribution in [-0.4, -0.2) is 47.6 Å². The molecule has 2 amide bonds. The molecule has 1 saturated heterocycles. The summed E-state index contributed by atoms with van der Waals surface area (Å²) in [4.78, 5) is 28.9. The molecule has 0 saturated carbocycles. The summed E-state index contributed by atoms with van der Waals surface area (Å²) < 4.78 is 5.00. The number of fused-ring (bicyclic) bond motifs is 1. The Kier molecular flexibility index (Phi) is 4.50. The summed E-state index contributed by atoms with van der Waals surface area (Å²) in [5, 5.41) is 3.99. The molecule has 1 aliphatic rings. The highest BCUT2D eigenvalue weighted by molar-refractivity contribution is 6.06. The van der Waals surface area contributed by atoms with E-state index in [1.165, 1.54) is 0 Å². The number of ether oxygens (including phenoxy) is 1. The predicted octanol–water partition coefficient (Wildman–Crippen LogP) is 2.52. The van der Waals surface area contributed by atoms with Crippen LogP contribution in [0.5, 0.6) is 0 Å². The average molecular weight is 315 g/mol. The summed E-state index contributed by atoms with van der Waals surface area (Å²) >= 11 is 0. The molecule has 122 valence electrons. The number of nitrogens with one attached hydrogen (secondary N) is 2. The van der Waals surface area contributed by atoms with Crippen molar-refractivity contribution in [1.29, 1.82) is 0 Å². The number of nitrogens with zero attached hydrogens (tertiary/aromatic N) is 1. The van der Waals surface area contributed by atoms with E-state index in [1.807, 2.05) is 24.3 Å². The van der Waals surface area contributed by atoms with Gasteiger partial charge in [0.1, 0.15) is 0 Å². The number of H-pyrrole nitrogens is 1. The molecule has 1 aromatic carbocycles. The molecule has 0 atom stereocenters. The van der Waals surface area contributed by atoms with E-state index in [9.17, 15) is 9.59 Å². The fourth-order valence-electron chi connectivity index (χ4n) is 2.94. The van der Waals surface area contributed by atoms with E-state index in [-0.39, 0.29) is 18.0 Å². The number of carbonyl (C=O) groups excluding carboxylic acids is 2. The van der Waals surface area contributed by atoms with Crippen molar-refractivity contribution in [2.45, 2.75) is 25.8 Å². The molecule has 1 aromatic heterocycles. The Morgan fingerprint density at radius 1 is 1.30 bits per heavy atom. The van der Waals surface area contributed by atoms with Gasteiger partial charge >= 0.3 is 6.09 Å². The number of benzene rings is 1. The topological polar surface area (TPSA) is 74.4 Å². The molecule has 0 unspecified atom stereocenters. The van der Waals surface area contributed by atoms with Crippen LogP contribution in [0.2, 0.25) is 0 Å². The molecule has 2 aromatic rings. The lowest BCUT2D eigenvalue weighted by molar-refractivity contribution is 0.0861. The second kappa shape index (κ2) is 6.73. The summed E-state index contributed by atoms with van der Waals surface area (Å²) in [5.41, 5.74) is 1.61. The fraction of sp³-hybridized carbons (Fsp3) is 0.412. The molecular formula is C17H21N3O3. The highest BCUT2D eigenvalue weighted by atomic mass is 16.6. The standard InChI is InChI=1S/C17H21N3O3/c1-2-23-17(22)20-9-7-12(8-10-20)19-16(21)14-11-18-15-6-4-3-5-13(14)15/h3-6,11-12,18H,2,7-10H2,1H3,(H,19,21). The second-order valence-corrected chi connectivity index (χ2v) is 5.68. The normalized spacial score (nSPS) is 15.6. The van der Waals surface area contributed by atoms with Crippen molar-refractivity contribution >= 4 is 22.9 Å². The van der Waals surface area contributed by atoms with Gasteiger partial charge in [-0.2, -0.15) is 0 Å². The number of aromatic amines is 1. The molecule has 0 aliphatic carbocycles. The van der Waals surface area contributed by atoms with Crippen LogP contribution < -0.4 is 5.32 Å². The number of piperidine rings is 1. The number of para-hydroxylation sites is 1. The number of aromatic nitrogens is 1. The van der Waals surface area contributed by atoms with Crippen LogP contribution in [0.1, 0.15) is 30.1 Å². The van der Waals surface area contributed by atoms with Crippen LogP contribution in [0.15, 0.2) is 30.5 Å². The number of hydrogen-bond donors (Lipinski definition) is 2. The average Bonchev–Trinajstić information content (AvgIpc) is 3.00. The van der Waals surface area contributed by atoms with E-state index in [0.717, 1.165) is 23.7 Å². The molecule has 6 heteroatoms. The number of hydrogen-bond acceptors (Lipinski definition) is 3. The minimum absolute atomic E-state index is 0.0722. The van der Waals surface area contributed by atoms with Crippen molar-refractivity contribution in [2.24, 2.45) is 0 Å². The zero-order chi connectivity index (χ0) is 16.2. The van der Waals surface area contributed by atoms with Gasteiger partial charge in [-0.05, 0) is 25.8 Å². The highest BCUT2D eigenvalue weighted by Gasteiger charge is 2.25. The maximum absolute atomic E-state index is 12.5.